The van der Waals surface area contributed by atoms with E-state index in [-0.39, 0.29) is 11.6 Å². The molecule has 1 saturated heterocycles. The molecule has 0 saturated carbocycles. The molecule has 1 aliphatic heterocycles. The number of rotatable bonds is 4. The molecule has 1 fully saturated rings. The van der Waals surface area contributed by atoms with Crippen LogP contribution in [0.4, 0.5) is 10.3 Å². The van der Waals surface area contributed by atoms with Gasteiger partial charge in [-0.05, 0) is 45.2 Å². The smallest absolute Gasteiger partial charge is 0.279 e. The Morgan fingerprint density at radius 2 is 1.93 bits per heavy atom. The largest absolute Gasteiger partial charge is 0.355 e. The quantitative estimate of drug-likeness (QED) is 0.589. The van der Waals surface area contributed by atoms with Gasteiger partial charge in [0.2, 0.25) is 10.3 Å². The van der Waals surface area contributed by atoms with Gasteiger partial charge in [0.25, 0.3) is 5.91 Å². The van der Waals surface area contributed by atoms with Crippen molar-refractivity contribution in [2.24, 2.45) is 0 Å². The van der Waals surface area contributed by atoms with Crippen LogP contribution >= 0.6 is 27.3 Å². The van der Waals surface area contributed by atoms with E-state index in [1.807, 2.05) is 24.3 Å². The average molecular weight is 462 g/mol. The van der Waals surface area contributed by atoms with E-state index in [0.717, 1.165) is 28.0 Å². The Labute approximate surface area is 175 Å². The van der Waals surface area contributed by atoms with Crippen LogP contribution in [0.3, 0.4) is 0 Å². The molecular formula is C19H20BrN5O2S. The predicted octanol–water partition coefficient (Wildman–Crippen LogP) is 4.98. The number of nitrogens with one attached hydrogen (secondary N) is 1. The van der Waals surface area contributed by atoms with Crippen LogP contribution in [0, 0.1) is 0 Å². The van der Waals surface area contributed by atoms with Crippen molar-refractivity contribution in [1.82, 2.24) is 15.4 Å². The minimum Gasteiger partial charge on any atom is -0.355 e. The molecule has 2 aromatic heterocycles. The summed E-state index contributed by atoms with van der Waals surface area (Å²) in [5, 5.41) is 16.4. The monoisotopic (exact) mass is 461 g/mol. The summed E-state index contributed by atoms with van der Waals surface area (Å²) in [5.74, 6) is 0.168. The van der Waals surface area contributed by atoms with Gasteiger partial charge in [-0.2, -0.15) is 0 Å². The van der Waals surface area contributed by atoms with Crippen LogP contribution in [-0.2, 0) is 0 Å². The number of amides is 1. The van der Waals surface area contributed by atoms with Gasteiger partial charge in [0, 0.05) is 28.2 Å². The van der Waals surface area contributed by atoms with Crippen molar-refractivity contribution < 1.29 is 9.32 Å². The van der Waals surface area contributed by atoms with Crippen molar-refractivity contribution in [1.29, 1.82) is 0 Å². The van der Waals surface area contributed by atoms with Crippen LogP contribution in [0.2, 0.25) is 0 Å². The summed E-state index contributed by atoms with van der Waals surface area (Å²) in [6.45, 7) is 4.41. The van der Waals surface area contributed by atoms with Gasteiger partial charge in [0.15, 0.2) is 11.5 Å². The van der Waals surface area contributed by atoms with Crippen molar-refractivity contribution in [3.63, 3.8) is 0 Å². The van der Waals surface area contributed by atoms with Crippen molar-refractivity contribution in [3.8, 4) is 11.3 Å². The Morgan fingerprint density at radius 3 is 2.64 bits per heavy atom. The van der Waals surface area contributed by atoms with E-state index in [4.69, 9.17) is 4.52 Å². The van der Waals surface area contributed by atoms with Crippen molar-refractivity contribution in [2.45, 2.75) is 45.2 Å². The molecule has 9 heteroatoms. The highest BCUT2D eigenvalue weighted by molar-refractivity contribution is 9.10. The molecule has 0 bridgehead atoms. The Bertz CT molecular complexity index is 961. The van der Waals surface area contributed by atoms with Crippen LogP contribution in [0.25, 0.3) is 11.3 Å². The SMILES string of the molecule is C[C@@H]1CCC[C@@H](C)N1c1nnc(NC(=O)c2cc(-c3ccc(Br)cc3)on2)s1. The number of carbonyl (C=O) groups excluding carboxylic acids is 1. The number of nitrogens with zero attached hydrogens (tertiary/aromatic N) is 4. The molecule has 1 aliphatic rings. The molecule has 1 N–H and O–H groups in total. The van der Waals surface area contributed by atoms with Crippen molar-refractivity contribution >= 4 is 43.4 Å². The highest BCUT2D eigenvalue weighted by Gasteiger charge is 2.28. The standard InChI is InChI=1S/C19H20BrN5O2S/c1-11-4-3-5-12(2)25(11)19-23-22-18(28-19)21-17(26)15-10-16(27-24-15)13-6-8-14(20)9-7-13/h6-12H,3-5H2,1-2H3,(H,21,22,26)/t11-,12-/m1/s1. The fraction of sp³-hybridized carbons (Fsp3) is 0.368. The Balaban J connectivity index is 1.46. The molecule has 3 heterocycles. The van der Waals surface area contributed by atoms with Gasteiger partial charge in [-0.1, -0.05) is 44.6 Å². The molecule has 1 aromatic carbocycles. The van der Waals surface area contributed by atoms with Gasteiger partial charge in [-0.15, -0.1) is 10.2 Å². The normalized spacial score (nSPS) is 19.6. The lowest BCUT2D eigenvalue weighted by Gasteiger charge is -2.38. The first-order valence-corrected chi connectivity index (χ1v) is 10.8. The molecule has 2 atom stereocenters. The van der Waals surface area contributed by atoms with Gasteiger partial charge < -0.3 is 9.42 Å². The molecule has 0 aliphatic carbocycles. The zero-order chi connectivity index (χ0) is 19.7. The molecule has 1 amide bonds. The Hall–Kier alpha value is -2.26. The van der Waals surface area contributed by atoms with E-state index in [9.17, 15) is 4.79 Å². The maximum atomic E-state index is 12.5. The summed E-state index contributed by atoms with van der Waals surface area (Å²) >= 11 is 4.78. The zero-order valence-electron chi connectivity index (χ0n) is 15.6. The lowest BCUT2D eigenvalue weighted by molar-refractivity contribution is 0.101. The van der Waals surface area contributed by atoms with Gasteiger partial charge in [0.05, 0.1) is 0 Å². The fourth-order valence-corrected chi connectivity index (χ4v) is 4.67. The van der Waals surface area contributed by atoms with E-state index < -0.39 is 0 Å². The highest BCUT2D eigenvalue weighted by Crippen LogP contribution is 2.33. The van der Waals surface area contributed by atoms with Crippen LogP contribution in [-0.4, -0.2) is 33.3 Å². The lowest BCUT2D eigenvalue weighted by Crippen LogP contribution is -2.43. The number of piperidine rings is 1. The number of halogens is 1. The summed E-state index contributed by atoms with van der Waals surface area (Å²) in [6.07, 6.45) is 3.51. The van der Waals surface area contributed by atoms with Crippen LogP contribution < -0.4 is 10.2 Å². The number of hydrogen-bond donors (Lipinski definition) is 1. The zero-order valence-corrected chi connectivity index (χ0v) is 18.0. The minimum atomic E-state index is -0.366. The number of anilines is 2. The third kappa shape index (κ3) is 3.95. The van der Waals surface area contributed by atoms with E-state index in [2.05, 4.69) is 55.3 Å². The number of carbonyl (C=O) groups is 1. The third-order valence-corrected chi connectivity index (χ3v) is 6.30. The first-order valence-electron chi connectivity index (χ1n) is 9.17. The second kappa shape index (κ2) is 8.00. The minimum absolute atomic E-state index is 0.203. The summed E-state index contributed by atoms with van der Waals surface area (Å²) < 4.78 is 6.28. The maximum absolute atomic E-state index is 12.5. The molecular weight excluding hydrogens is 442 g/mol. The Kier molecular flexibility index (Phi) is 5.45. The molecule has 3 aromatic rings. The molecule has 4 rings (SSSR count). The third-order valence-electron chi connectivity index (χ3n) is 4.92. The second-order valence-electron chi connectivity index (χ2n) is 6.96. The average Bonchev–Trinajstić information content (AvgIpc) is 3.32. The van der Waals surface area contributed by atoms with Crippen molar-refractivity contribution in [3.05, 3.63) is 40.5 Å². The van der Waals surface area contributed by atoms with E-state index in [0.29, 0.717) is 23.0 Å². The second-order valence-corrected chi connectivity index (χ2v) is 8.84. The van der Waals surface area contributed by atoms with Crippen LogP contribution in [0.1, 0.15) is 43.6 Å². The van der Waals surface area contributed by atoms with E-state index >= 15 is 0 Å². The summed E-state index contributed by atoms with van der Waals surface area (Å²) in [7, 11) is 0. The maximum Gasteiger partial charge on any atom is 0.279 e. The van der Waals surface area contributed by atoms with E-state index in [1.54, 1.807) is 6.07 Å². The lowest BCUT2D eigenvalue weighted by atomic mass is 9.98. The number of hydrogen-bond acceptors (Lipinski definition) is 7. The van der Waals surface area contributed by atoms with E-state index in [1.165, 1.54) is 17.8 Å². The number of aromatic nitrogens is 3. The molecule has 0 radical (unpaired) electrons. The first kappa shape index (κ1) is 19.1. The molecule has 146 valence electrons. The molecule has 0 spiro atoms. The first-order chi connectivity index (χ1) is 13.5. The molecule has 7 nitrogen and oxygen atoms in total. The summed E-state index contributed by atoms with van der Waals surface area (Å²) in [6, 6.07) is 10.1. The van der Waals surface area contributed by atoms with Gasteiger partial charge in [-0.25, -0.2) is 0 Å². The van der Waals surface area contributed by atoms with Crippen LogP contribution in [0.5, 0.6) is 0 Å². The van der Waals surface area contributed by atoms with Gasteiger partial charge in [-0.3, -0.25) is 10.1 Å². The summed E-state index contributed by atoms with van der Waals surface area (Å²) in [5.41, 5.74) is 1.05. The highest BCUT2D eigenvalue weighted by atomic mass is 79.9. The van der Waals surface area contributed by atoms with Gasteiger partial charge >= 0.3 is 0 Å². The van der Waals surface area contributed by atoms with Crippen LogP contribution in [0.15, 0.2) is 39.3 Å². The predicted molar refractivity (Wildman–Crippen MR) is 113 cm³/mol. The topological polar surface area (TPSA) is 84.2 Å². The Morgan fingerprint density at radius 1 is 1.21 bits per heavy atom. The summed E-state index contributed by atoms with van der Waals surface area (Å²) in [4.78, 5) is 14.8. The molecule has 28 heavy (non-hydrogen) atoms. The molecule has 0 unspecified atom stereocenters. The number of benzene rings is 1. The van der Waals surface area contributed by atoms with Gasteiger partial charge in [0.1, 0.15) is 0 Å². The van der Waals surface area contributed by atoms with Crippen molar-refractivity contribution in [2.75, 3.05) is 10.2 Å². The fourth-order valence-electron chi connectivity index (χ4n) is 3.46.